The number of benzene rings is 1. The summed E-state index contributed by atoms with van der Waals surface area (Å²) in [5.74, 6) is 5.00. The van der Waals surface area contributed by atoms with Gasteiger partial charge in [-0.15, -0.1) is 0 Å². The topological polar surface area (TPSA) is 46.3 Å². The van der Waals surface area contributed by atoms with E-state index in [-0.39, 0.29) is 17.9 Å². The average Bonchev–Trinajstić information content (AvgIpc) is 2.43. The number of halogens is 1. The average molecular weight is 288 g/mol. The number of carbonyl (C=O) groups excluding carboxylic acids is 1. The van der Waals surface area contributed by atoms with Crippen molar-refractivity contribution < 1.29 is 9.18 Å². The van der Waals surface area contributed by atoms with Crippen molar-refractivity contribution in [3.05, 3.63) is 35.1 Å². The van der Waals surface area contributed by atoms with Crippen molar-refractivity contribution in [2.24, 2.45) is 11.1 Å². The van der Waals surface area contributed by atoms with Gasteiger partial charge in [0.1, 0.15) is 5.82 Å². The van der Waals surface area contributed by atoms with Crippen LogP contribution in [0, 0.1) is 23.1 Å². The third-order valence-electron chi connectivity index (χ3n) is 3.72. The van der Waals surface area contributed by atoms with Gasteiger partial charge in [0.15, 0.2) is 0 Å². The summed E-state index contributed by atoms with van der Waals surface area (Å²) in [6.07, 6.45) is 2.10. The summed E-state index contributed by atoms with van der Waals surface area (Å²) in [5.41, 5.74) is 6.34. The zero-order valence-corrected chi connectivity index (χ0v) is 12.6. The summed E-state index contributed by atoms with van der Waals surface area (Å²) in [6, 6.07) is 4.11. The van der Waals surface area contributed by atoms with Crippen LogP contribution < -0.4 is 5.73 Å². The van der Waals surface area contributed by atoms with Gasteiger partial charge in [0.25, 0.3) is 5.91 Å². The Morgan fingerprint density at radius 1 is 1.48 bits per heavy atom. The van der Waals surface area contributed by atoms with Crippen LogP contribution in [0.2, 0.25) is 0 Å². The molecule has 0 atom stereocenters. The molecule has 112 valence electrons. The molecule has 1 aliphatic rings. The van der Waals surface area contributed by atoms with E-state index in [4.69, 9.17) is 5.73 Å². The molecule has 0 unspecified atom stereocenters. The Morgan fingerprint density at radius 2 is 2.24 bits per heavy atom. The maximum absolute atomic E-state index is 13.4. The Bertz CT molecular complexity index is 599. The first-order valence-corrected chi connectivity index (χ1v) is 7.21. The minimum atomic E-state index is -0.396. The van der Waals surface area contributed by atoms with Crippen molar-refractivity contribution in [2.45, 2.75) is 26.7 Å². The third-order valence-corrected chi connectivity index (χ3v) is 3.72. The number of amides is 1. The fourth-order valence-electron chi connectivity index (χ4n) is 2.72. The van der Waals surface area contributed by atoms with Crippen LogP contribution in [0.5, 0.6) is 0 Å². The summed E-state index contributed by atoms with van der Waals surface area (Å²) < 4.78 is 13.4. The van der Waals surface area contributed by atoms with Crippen LogP contribution in [0.25, 0.3) is 0 Å². The number of hydrogen-bond donors (Lipinski definition) is 1. The number of nitrogens with zero attached hydrogens (tertiary/aromatic N) is 1. The number of piperidine rings is 1. The fourth-order valence-corrected chi connectivity index (χ4v) is 2.72. The molecule has 0 aromatic heterocycles. The van der Waals surface area contributed by atoms with Crippen LogP contribution in [-0.2, 0) is 0 Å². The van der Waals surface area contributed by atoms with Gasteiger partial charge in [-0.05, 0) is 36.5 Å². The van der Waals surface area contributed by atoms with E-state index in [1.54, 1.807) is 0 Å². The van der Waals surface area contributed by atoms with Crippen LogP contribution >= 0.6 is 0 Å². The summed E-state index contributed by atoms with van der Waals surface area (Å²) >= 11 is 0. The van der Waals surface area contributed by atoms with Crippen LogP contribution in [0.4, 0.5) is 4.39 Å². The summed E-state index contributed by atoms with van der Waals surface area (Å²) in [5, 5.41) is 0. The molecule has 1 aliphatic heterocycles. The van der Waals surface area contributed by atoms with Gasteiger partial charge in [-0.3, -0.25) is 4.79 Å². The van der Waals surface area contributed by atoms with E-state index < -0.39 is 5.82 Å². The largest absolute Gasteiger partial charge is 0.338 e. The standard InChI is InChI=1S/C17H21FN2O/c1-17(2)8-4-10-20(12-17)16(21)15-7-6-14(18)11-13(15)5-3-9-19/h6-7,11H,4,8-10,12,19H2,1-2H3. The van der Waals surface area contributed by atoms with Gasteiger partial charge >= 0.3 is 0 Å². The van der Waals surface area contributed by atoms with Gasteiger partial charge in [-0.2, -0.15) is 0 Å². The van der Waals surface area contributed by atoms with Crippen molar-refractivity contribution in [2.75, 3.05) is 19.6 Å². The number of hydrogen-bond acceptors (Lipinski definition) is 2. The molecular weight excluding hydrogens is 267 g/mol. The SMILES string of the molecule is CC1(C)CCCN(C(=O)c2ccc(F)cc2C#CCN)C1. The molecule has 1 aromatic carbocycles. The minimum Gasteiger partial charge on any atom is -0.338 e. The van der Waals surface area contributed by atoms with Crippen molar-refractivity contribution >= 4 is 5.91 Å². The highest BCUT2D eigenvalue weighted by Gasteiger charge is 2.30. The second-order valence-corrected chi connectivity index (χ2v) is 6.19. The quantitative estimate of drug-likeness (QED) is 0.807. The molecule has 1 saturated heterocycles. The predicted octanol–water partition coefficient (Wildman–Crippen LogP) is 2.40. The molecule has 0 saturated carbocycles. The van der Waals surface area contributed by atoms with E-state index in [1.807, 2.05) is 4.90 Å². The van der Waals surface area contributed by atoms with Crippen LogP contribution in [-0.4, -0.2) is 30.4 Å². The molecule has 1 amide bonds. The lowest BCUT2D eigenvalue weighted by atomic mass is 9.84. The molecule has 1 heterocycles. The number of carbonyl (C=O) groups is 1. The highest BCUT2D eigenvalue weighted by Crippen LogP contribution is 2.29. The highest BCUT2D eigenvalue weighted by molar-refractivity contribution is 5.96. The monoisotopic (exact) mass is 288 g/mol. The van der Waals surface area contributed by atoms with E-state index in [2.05, 4.69) is 25.7 Å². The second kappa shape index (κ2) is 6.28. The normalized spacial score (nSPS) is 17.0. The molecule has 0 bridgehead atoms. The highest BCUT2D eigenvalue weighted by atomic mass is 19.1. The lowest BCUT2D eigenvalue weighted by Crippen LogP contribution is -2.43. The molecule has 0 radical (unpaired) electrons. The molecule has 1 fully saturated rings. The molecule has 4 heteroatoms. The van der Waals surface area contributed by atoms with Crippen molar-refractivity contribution in [1.82, 2.24) is 4.90 Å². The Labute approximate surface area is 125 Å². The molecule has 2 rings (SSSR count). The first-order valence-electron chi connectivity index (χ1n) is 7.21. The van der Waals surface area contributed by atoms with Gasteiger partial charge in [0, 0.05) is 18.7 Å². The summed E-state index contributed by atoms with van der Waals surface area (Å²) in [4.78, 5) is 14.5. The summed E-state index contributed by atoms with van der Waals surface area (Å²) in [7, 11) is 0. The Hall–Kier alpha value is -1.86. The van der Waals surface area contributed by atoms with E-state index in [1.165, 1.54) is 18.2 Å². The minimum absolute atomic E-state index is 0.0795. The number of nitrogens with two attached hydrogens (primary N) is 1. The Kier molecular flexibility index (Phi) is 4.64. The third kappa shape index (κ3) is 3.83. The van der Waals surface area contributed by atoms with Gasteiger partial charge in [-0.25, -0.2) is 4.39 Å². The van der Waals surface area contributed by atoms with E-state index in [0.29, 0.717) is 17.7 Å². The van der Waals surface area contributed by atoms with Gasteiger partial charge < -0.3 is 10.6 Å². The van der Waals surface area contributed by atoms with Gasteiger partial charge in [0.2, 0.25) is 0 Å². The number of likely N-dealkylation sites (tertiary alicyclic amines) is 1. The van der Waals surface area contributed by atoms with E-state index in [0.717, 1.165) is 19.4 Å². The molecule has 3 nitrogen and oxygen atoms in total. The molecule has 21 heavy (non-hydrogen) atoms. The zero-order chi connectivity index (χ0) is 15.5. The van der Waals surface area contributed by atoms with Crippen LogP contribution in [0.1, 0.15) is 42.6 Å². The lowest BCUT2D eigenvalue weighted by Gasteiger charge is -2.38. The number of rotatable bonds is 1. The Morgan fingerprint density at radius 3 is 2.90 bits per heavy atom. The molecule has 1 aromatic rings. The van der Waals surface area contributed by atoms with Crippen molar-refractivity contribution in [3.8, 4) is 11.8 Å². The smallest absolute Gasteiger partial charge is 0.255 e. The van der Waals surface area contributed by atoms with Gasteiger partial charge in [-0.1, -0.05) is 25.7 Å². The van der Waals surface area contributed by atoms with E-state index in [9.17, 15) is 9.18 Å². The first kappa shape index (κ1) is 15.5. The zero-order valence-electron chi connectivity index (χ0n) is 12.6. The Balaban J connectivity index is 2.30. The van der Waals surface area contributed by atoms with Crippen molar-refractivity contribution in [3.63, 3.8) is 0 Å². The molecular formula is C17H21FN2O. The summed E-state index contributed by atoms with van der Waals surface area (Å²) in [6.45, 7) is 5.95. The van der Waals surface area contributed by atoms with Crippen LogP contribution in [0.3, 0.4) is 0 Å². The predicted molar refractivity (Wildman–Crippen MR) is 81.3 cm³/mol. The maximum atomic E-state index is 13.4. The molecule has 0 aliphatic carbocycles. The molecule has 0 spiro atoms. The second-order valence-electron chi connectivity index (χ2n) is 6.19. The molecule has 2 N–H and O–H groups in total. The van der Waals surface area contributed by atoms with E-state index >= 15 is 0 Å². The fraction of sp³-hybridized carbons (Fsp3) is 0.471. The maximum Gasteiger partial charge on any atom is 0.255 e. The first-order chi connectivity index (χ1) is 9.93. The lowest BCUT2D eigenvalue weighted by molar-refractivity contribution is 0.0583. The van der Waals surface area contributed by atoms with Crippen molar-refractivity contribution in [1.29, 1.82) is 0 Å². The van der Waals surface area contributed by atoms with Crippen LogP contribution in [0.15, 0.2) is 18.2 Å². The van der Waals surface area contributed by atoms with Gasteiger partial charge in [0.05, 0.1) is 12.1 Å².